The van der Waals surface area contributed by atoms with Crippen molar-refractivity contribution in [3.8, 4) is 0 Å². The van der Waals surface area contributed by atoms with Crippen LogP contribution in [-0.4, -0.2) is 21.2 Å². The van der Waals surface area contributed by atoms with Gasteiger partial charge in [-0.05, 0) is 55.0 Å². The molecule has 0 N–H and O–H groups in total. The molecule has 5 nitrogen and oxygen atoms in total. The summed E-state index contributed by atoms with van der Waals surface area (Å²) in [4.78, 5) is 5.44. The Labute approximate surface area is 185 Å². The number of nitrogens with zero attached hydrogens (tertiary/aromatic N) is 2. The molecule has 0 radical (unpaired) electrons. The van der Waals surface area contributed by atoms with Gasteiger partial charge in [-0.25, -0.2) is 12.7 Å². The lowest BCUT2D eigenvalue weighted by molar-refractivity contribution is 0.176. The Balaban J connectivity index is 1.78. The van der Waals surface area contributed by atoms with E-state index in [-0.39, 0.29) is 11.5 Å². The molecule has 0 amide bonds. The summed E-state index contributed by atoms with van der Waals surface area (Å²) in [6.45, 7) is 2.04. The summed E-state index contributed by atoms with van der Waals surface area (Å²) in [6, 6.07) is 23.4. The fourth-order valence-corrected chi connectivity index (χ4v) is 4.20. The molecule has 0 saturated heterocycles. The quantitative estimate of drug-likeness (QED) is 0.240. The van der Waals surface area contributed by atoms with Gasteiger partial charge in [0, 0.05) is 10.7 Å². The van der Waals surface area contributed by atoms with Gasteiger partial charge < -0.3 is 4.84 Å². The first-order valence-corrected chi connectivity index (χ1v) is 11.4. The Hall–Kier alpha value is -2.90. The molecular formula is C23H21BrN2O3S. The van der Waals surface area contributed by atoms with Gasteiger partial charge >= 0.3 is 0 Å². The van der Waals surface area contributed by atoms with Gasteiger partial charge in [0.05, 0.1) is 16.8 Å². The molecule has 7 heteroatoms. The summed E-state index contributed by atoms with van der Waals surface area (Å²) < 4.78 is 28.5. The Kier molecular flexibility index (Phi) is 7.43. The van der Waals surface area contributed by atoms with Crippen molar-refractivity contribution in [2.24, 2.45) is 5.16 Å². The highest BCUT2D eigenvalue weighted by atomic mass is 79.9. The van der Waals surface area contributed by atoms with Crippen LogP contribution in [0.5, 0.6) is 0 Å². The molecule has 0 aliphatic carbocycles. The SMILES string of the molecule is Cc1ccc(S(=O)(=O)N(/C=C/CO/N=C/c2ccccc2)c2ccc(Br)cc2)cc1. The Morgan fingerprint density at radius 3 is 2.30 bits per heavy atom. The minimum Gasteiger partial charge on any atom is -0.391 e. The predicted molar refractivity (Wildman–Crippen MR) is 124 cm³/mol. The van der Waals surface area contributed by atoms with Crippen molar-refractivity contribution >= 4 is 37.9 Å². The number of oxime groups is 1. The lowest BCUT2D eigenvalue weighted by Gasteiger charge is -2.21. The van der Waals surface area contributed by atoms with Crippen molar-refractivity contribution in [2.75, 3.05) is 10.9 Å². The highest BCUT2D eigenvalue weighted by Gasteiger charge is 2.23. The van der Waals surface area contributed by atoms with Gasteiger partial charge in [0.25, 0.3) is 10.0 Å². The molecule has 0 atom stereocenters. The van der Waals surface area contributed by atoms with Gasteiger partial charge in [-0.15, -0.1) is 0 Å². The summed E-state index contributed by atoms with van der Waals surface area (Å²) >= 11 is 3.38. The summed E-state index contributed by atoms with van der Waals surface area (Å²) in [7, 11) is -3.78. The van der Waals surface area contributed by atoms with Crippen LogP contribution in [0.4, 0.5) is 5.69 Å². The summed E-state index contributed by atoms with van der Waals surface area (Å²) in [5.41, 5.74) is 2.42. The van der Waals surface area contributed by atoms with Crippen LogP contribution in [0.15, 0.2) is 106 Å². The van der Waals surface area contributed by atoms with E-state index in [1.807, 2.05) is 37.3 Å². The van der Waals surface area contributed by atoms with Crippen LogP contribution in [0.25, 0.3) is 0 Å². The van der Waals surface area contributed by atoms with Crippen LogP contribution < -0.4 is 4.31 Å². The molecule has 0 fully saturated rings. The van der Waals surface area contributed by atoms with Crippen molar-refractivity contribution in [1.82, 2.24) is 0 Å². The Morgan fingerprint density at radius 2 is 1.63 bits per heavy atom. The van der Waals surface area contributed by atoms with E-state index in [1.165, 1.54) is 10.5 Å². The second-order valence-corrected chi connectivity index (χ2v) is 9.15. The molecule has 30 heavy (non-hydrogen) atoms. The highest BCUT2D eigenvalue weighted by Crippen LogP contribution is 2.26. The molecule has 0 aliphatic heterocycles. The number of sulfonamides is 1. The fourth-order valence-electron chi connectivity index (χ4n) is 2.58. The van der Waals surface area contributed by atoms with Gasteiger partial charge in [0.1, 0.15) is 6.61 Å². The Bertz CT molecular complexity index is 1110. The van der Waals surface area contributed by atoms with Crippen molar-refractivity contribution < 1.29 is 13.3 Å². The second-order valence-electron chi connectivity index (χ2n) is 6.42. The maximum atomic E-state index is 13.2. The van der Waals surface area contributed by atoms with Crippen LogP contribution in [0, 0.1) is 6.92 Å². The van der Waals surface area contributed by atoms with Gasteiger partial charge in [0.15, 0.2) is 0 Å². The van der Waals surface area contributed by atoms with Crippen LogP contribution in [-0.2, 0) is 14.9 Å². The van der Waals surface area contributed by atoms with E-state index < -0.39 is 10.0 Å². The summed E-state index contributed by atoms with van der Waals surface area (Å²) in [5.74, 6) is 0. The maximum absolute atomic E-state index is 13.2. The number of hydrogen-bond acceptors (Lipinski definition) is 4. The third-order valence-corrected chi connectivity index (χ3v) is 6.39. The second kappa shape index (κ2) is 10.2. The molecule has 0 unspecified atom stereocenters. The zero-order valence-electron chi connectivity index (χ0n) is 16.4. The zero-order valence-corrected chi connectivity index (χ0v) is 18.8. The van der Waals surface area contributed by atoms with E-state index in [2.05, 4.69) is 21.1 Å². The van der Waals surface area contributed by atoms with Crippen molar-refractivity contribution in [1.29, 1.82) is 0 Å². The van der Waals surface area contributed by atoms with Gasteiger partial charge in [0.2, 0.25) is 0 Å². The van der Waals surface area contributed by atoms with E-state index in [1.54, 1.807) is 60.8 Å². The van der Waals surface area contributed by atoms with Crippen molar-refractivity contribution in [2.45, 2.75) is 11.8 Å². The van der Waals surface area contributed by atoms with E-state index in [4.69, 9.17) is 4.84 Å². The third kappa shape index (κ3) is 5.81. The number of rotatable bonds is 8. The normalized spacial score (nSPS) is 11.8. The first-order chi connectivity index (χ1) is 14.5. The minimum absolute atomic E-state index is 0.125. The summed E-state index contributed by atoms with van der Waals surface area (Å²) in [5, 5.41) is 3.90. The third-order valence-electron chi connectivity index (χ3n) is 4.15. The van der Waals surface area contributed by atoms with Crippen LogP contribution >= 0.6 is 15.9 Å². The molecule has 0 aliphatic rings. The number of aryl methyl sites for hydroxylation is 1. The molecule has 154 valence electrons. The number of benzene rings is 3. The van der Waals surface area contributed by atoms with E-state index in [0.717, 1.165) is 15.6 Å². The molecule has 0 bridgehead atoms. The number of hydrogen-bond donors (Lipinski definition) is 0. The van der Waals surface area contributed by atoms with E-state index in [9.17, 15) is 8.42 Å². The smallest absolute Gasteiger partial charge is 0.268 e. The first kappa shape index (κ1) is 21.8. The fraction of sp³-hybridized carbons (Fsp3) is 0.0870. The number of halogens is 1. The van der Waals surface area contributed by atoms with Gasteiger partial charge in [-0.1, -0.05) is 69.1 Å². The van der Waals surface area contributed by atoms with E-state index >= 15 is 0 Å². The lowest BCUT2D eigenvalue weighted by Crippen LogP contribution is -2.25. The highest BCUT2D eigenvalue weighted by molar-refractivity contribution is 9.10. The van der Waals surface area contributed by atoms with Crippen LogP contribution in [0.3, 0.4) is 0 Å². The molecule has 3 aromatic carbocycles. The first-order valence-electron chi connectivity index (χ1n) is 9.20. The predicted octanol–water partition coefficient (Wildman–Crippen LogP) is 5.52. The van der Waals surface area contributed by atoms with E-state index in [0.29, 0.717) is 5.69 Å². The zero-order chi connectivity index (χ0) is 21.4. The topological polar surface area (TPSA) is 59.0 Å². The molecule has 3 aromatic rings. The van der Waals surface area contributed by atoms with Gasteiger partial charge in [-0.3, -0.25) is 0 Å². The van der Waals surface area contributed by atoms with Crippen molar-refractivity contribution in [3.05, 3.63) is 107 Å². The van der Waals surface area contributed by atoms with Crippen LogP contribution in [0.1, 0.15) is 11.1 Å². The molecule has 0 saturated carbocycles. The monoisotopic (exact) mass is 484 g/mol. The molecule has 0 heterocycles. The average molecular weight is 485 g/mol. The molecule has 3 rings (SSSR count). The molecule has 0 aromatic heterocycles. The van der Waals surface area contributed by atoms with Gasteiger partial charge in [-0.2, -0.15) is 0 Å². The maximum Gasteiger partial charge on any atom is 0.268 e. The summed E-state index contributed by atoms with van der Waals surface area (Å²) in [6.07, 6.45) is 4.69. The number of anilines is 1. The minimum atomic E-state index is -3.78. The Morgan fingerprint density at radius 1 is 0.967 bits per heavy atom. The average Bonchev–Trinajstić information content (AvgIpc) is 2.75. The lowest BCUT2D eigenvalue weighted by atomic mass is 10.2. The molecule has 0 spiro atoms. The van der Waals surface area contributed by atoms with Crippen LogP contribution in [0.2, 0.25) is 0 Å². The van der Waals surface area contributed by atoms with Crippen molar-refractivity contribution in [3.63, 3.8) is 0 Å². The standard InChI is InChI=1S/C23H21BrN2O3S/c1-19-8-14-23(15-9-19)30(27,28)26(22-12-10-21(24)11-13-22)16-5-17-29-25-18-20-6-3-2-4-7-20/h2-16,18H,17H2,1H3/b16-5+,25-18+. The molecular weight excluding hydrogens is 464 g/mol. The largest absolute Gasteiger partial charge is 0.391 e.